The molecular weight excluding hydrogens is 268 g/mol. The molecule has 0 fully saturated rings. The summed E-state index contributed by atoms with van der Waals surface area (Å²) in [4.78, 5) is 0. The van der Waals surface area contributed by atoms with Gasteiger partial charge < -0.3 is 5.32 Å². The quantitative estimate of drug-likeness (QED) is 0.752. The number of hydrogen-bond acceptors (Lipinski definition) is 1. The van der Waals surface area contributed by atoms with Gasteiger partial charge >= 0.3 is 0 Å². The Balaban J connectivity index is 2.04. The third-order valence-electron chi connectivity index (χ3n) is 4.37. The second-order valence-electron chi connectivity index (χ2n) is 5.74. The summed E-state index contributed by atoms with van der Waals surface area (Å²) in [7, 11) is 0. The standard InChI is InChI=1S/C18H19F2N/c1-3-21-18(2,17(19)20)14-8-9-16-13(11-14)10-12-6-4-5-7-15(12)16/h4-9,11,17,21H,3,10H2,1-2H3. The zero-order valence-electron chi connectivity index (χ0n) is 12.3. The number of hydrogen-bond donors (Lipinski definition) is 1. The number of fused-ring (bicyclic) bond motifs is 3. The fourth-order valence-electron chi connectivity index (χ4n) is 3.14. The van der Waals surface area contributed by atoms with Crippen LogP contribution in [-0.2, 0) is 12.0 Å². The molecule has 21 heavy (non-hydrogen) atoms. The van der Waals surface area contributed by atoms with E-state index in [9.17, 15) is 8.78 Å². The van der Waals surface area contributed by atoms with Crippen molar-refractivity contribution in [2.45, 2.75) is 32.2 Å². The van der Waals surface area contributed by atoms with E-state index in [-0.39, 0.29) is 0 Å². The fraction of sp³-hybridized carbons (Fsp3) is 0.333. The Hall–Kier alpha value is -1.74. The van der Waals surface area contributed by atoms with Gasteiger partial charge in [-0.3, -0.25) is 0 Å². The van der Waals surface area contributed by atoms with Crippen LogP contribution in [0.15, 0.2) is 42.5 Å². The minimum absolute atomic E-state index is 0.512. The van der Waals surface area contributed by atoms with Crippen molar-refractivity contribution < 1.29 is 8.78 Å². The normalized spacial score (nSPS) is 15.7. The van der Waals surface area contributed by atoms with E-state index in [0.717, 1.165) is 12.0 Å². The molecule has 1 unspecified atom stereocenters. The maximum Gasteiger partial charge on any atom is 0.260 e. The van der Waals surface area contributed by atoms with Crippen molar-refractivity contribution in [3.8, 4) is 11.1 Å². The van der Waals surface area contributed by atoms with Gasteiger partial charge in [-0.2, -0.15) is 0 Å². The molecule has 1 atom stereocenters. The van der Waals surface area contributed by atoms with Gasteiger partial charge in [0.25, 0.3) is 6.43 Å². The molecule has 110 valence electrons. The van der Waals surface area contributed by atoms with Crippen LogP contribution in [0.25, 0.3) is 11.1 Å². The van der Waals surface area contributed by atoms with Crippen LogP contribution in [0, 0.1) is 0 Å². The first kappa shape index (κ1) is 14.2. The van der Waals surface area contributed by atoms with Crippen LogP contribution in [0.4, 0.5) is 8.78 Å². The third-order valence-corrected chi connectivity index (χ3v) is 4.37. The highest BCUT2D eigenvalue weighted by Crippen LogP contribution is 2.39. The molecule has 2 aromatic rings. The van der Waals surface area contributed by atoms with Gasteiger partial charge in [-0.25, -0.2) is 8.78 Å². The van der Waals surface area contributed by atoms with Gasteiger partial charge in [0.15, 0.2) is 0 Å². The minimum atomic E-state index is -2.45. The van der Waals surface area contributed by atoms with Crippen molar-refractivity contribution in [3.63, 3.8) is 0 Å². The Morgan fingerprint density at radius 2 is 1.81 bits per heavy atom. The predicted octanol–water partition coefficient (Wildman–Crippen LogP) is 4.35. The molecule has 1 aliphatic carbocycles. The van der Waals surface area contributed by atoms with E-state index < -0.39 is 12.0 Å². The SMILES string of the molecule is CCNC(C)(c1ccc2c(c1)Cc1ccccc1-2)C(F)F. The second-order valence-corrected chi connectivity index (χ2v) is 5.74. The molecule has 1 N–H and O–H groups in total. The number of nitrogens with one attached hydrogen (secondary N) is 1. The highest BCUT2D eigenvalue weighted by Gasteiger charge is 2.36. The molecule has 1 aliphatic rings. The lowest BCUT2D eigenvalue weighted by atomic mass is 9.89. The Kier molecular flexibility index (Phi) is 3.54. The Morgan fingerprint density at radius 1 is 1.10 bits per heavy atom. The maximum atomic E-state index is 13.5. The van der Waals surface area contributed by atoms with E-state index in [2.05, 4.69) is 17.4 Å². The number of benzene rings is 2. The summed E-state index contributed by atoms with van der Waals surface area (Å²) >= 11 is 0. The van der Waals surface area contributed by atoms with Gasteiger partial charge in [-0.15, -0.1) is 0 Å². The zero-order valence-corrected chi connectivity index (χ0v) is 12.3. The minimum Gasteiger partial charge on any atom is -0.303 e. The van der Waals surface area contributed by atoms with Crippen molar-refractivity contribution in [1.29, 1.82) is 0 Å². The molecule has 0 aliphatic heterocycles. The van der Waals surface area contributed by atoms with Crippen molar-refractivity contribution in [2.75, 3.05) is 6.54 Å². The summed E-state index contributed by atoms with van der Waals surface area (Å²) in [6.07, 6.45) is -1.62. The van der Waals surface area contributed by atoms with E-state index in [1.165, 1.54) is 16.7 Å². The largest absolute Gasteiger partial charge is 0.303 e. The lowest BCUT2D eigenvalue weighted by molar-refractivity contribution is 0.0394. The van der Waals surface area contributed by atoms with Crippen molar-refractivity contribution in [3.05, 3.63) is 59.2 Å². The summed E-state index contributed by atoms with van der Waals surface area (Å²) in [5, 5.41) is 2.94. The molecule has 0 radical (unpaired) electrons. The fourth-order valence-corrected chi connectivity index (χ4v) is 3.14. The van der Waals surface area contributed by atoms with E-state index in [1.54, 1.807) is 6.92 Å². The van der Waals surface area contributed by atoms with Crippen LogP contribution < -0.4 is 5.32 Å². The molecular formula is C18H19F2N. The third kappa shape index (κ3) is 2.26. The van der Waals surface area contributed by atoms with Gasteiger partial charge in [-0.05, 0) is 47.7 Å². The molecule has 0 aromatic heterocycles. The highest BCUT2D eigenvalue weighted by atomic mass is 19.3. The van der Waals surface area contributed by atoms with Crippen LogP contribution in [0.5, 0.6) is 0 Å². The second kappa shape index (κ2) is 5.23. The van der Waals surface area contributed by atoms with E-state index >= 15 is 0 Å². The van der Waals surface area contributed by atoms with E-state index in [0.29, 0.717) is 12.1 Å². The molecule has 3 heteroatoms. The van der Waals surface area contributed by atoms with Crippen molar-refractivity contribution >= 4 is 0 Å². The summed E-state index contributed by atoms with van der Waals surface area (Å²) in [5.74, 6) is 0. The number of halogens is 2. The molecule has 3 rings (SSSR count). The molecule has 0 amide bonds. The Labute approximate surface area is 124 Å². The van der Waals surface area contributed by atoms with Gasteiger partial charge in [0.2, 0.25) is 0 Å². The van der Waals surface area contributed by atoms with Crippen molar-refractivity contribution in [1.82, 2.24) is 5.32 Å². The summed E-state index contributed by atoms with van der Waals surface area (Å²) in [6, 6.07) is 14.0. The average molecular weight is 287 g/mol. The van der Waals surface area contributed by atoms with Crippen LogP contribution in [0.2, 0.25) is 0 Å². The molecule has 0 heterocycles. The molecule has 0 bridgehead atoms. The van der Waals surface area contributed by atoms with Crippen LogP contribution in [-0.4, -0.2) is 13.0 Å². The first-order chi connectivity index (χ1) is 10.1. The summed E-state index contributed by atoms with van der Waals surface area (Å²) in [6.45, 7) is 3.94. The monoisotopic (exact) mass is 287 g/mol. The van der Waals surface area contributed by atoms with Gasteiger partial charge in [0, 0.05) is 0 Å². The van der Waals surface area contributed by atoms with Crippen LogP contribution in [0.3, 0.4) is 0 Å². The number of rotatable bonds is 4. The van der Waals surface area contributed by atoms with Crippen LogP contribution >= 0.6 is 0 Å². The number of alkyl halides is 2. The van der Waals surface area contributed by atoms with Gasteiger partial charge in [-0.1, -0.05) is 49.4 Å². The average Bonchev–Trinajstić information content (AvgIpc) is 2.84. The highest BCUT2D eigenvalue weighted by molar-refractivity contribution is 5.77. The van der Waals surface area contributed by atoms with Crippen LogP contribution in [0.1, 0.15) is 30.5 Å². The lowest BCUT2D eigenvalue weighted by Gasteiger charge is -2.30. The molecule has 0 spiro atoms. The van der Waals surface area contributed by atoms with E-state index in [1.807, 2.05) is 37.3 Å². The van der Waals surface area contributed by atoms with Gasteiger partial charge in [0.05, 0.1) is 0 Å². The van der Waals surface area contributed by atoms with Crippen molar-refractivity contribution in [2.24, 2.45) is 0 Å². The summed E-state index contributed by atoms with van der Waals surface area (Å²) < 4.78 is 27.0. The molecule has 1 nitrogen and oxygen atoms in total. The summed E-state index contributed by atoms with van der Waals surface area (Å²) in [5.41, 5.74) is 4.17. The van der Waals surface area contributed by atoms with E-state index in [4.69, 9.17) is 0 Å². The predicted molar refractivity (Wildman–Crippen MR) is 81.7 cm³/mol. The lowest BCUT2D eigenvalue weighted by Crippen LogP contribution is -2.45. The molecule has 0 saturated heterocycles. The molecule has 0 saturated carbocycles. The molecule has 2 aromatic carbocycles. The maximum absolute atomic E-state index is 13.5. The Bertz CT molecular complexity index is 666. The topological polar surface area (TPSA) is 12.0 Å². The van der Waals surface area contributed by atoms with Gasteiger partial charge in [0.1, 0.15) is 5.54 Å². The zero-order chi connectivity index (χ0) is 15.0. The smallest absolute Gasteiger partial charge is 0.260 e. The first-order valence-electron chi connectivity index (χ1n) is 7.31. The Morgan fingerprint density at radius 3 is 2.52 bits per heavy atom. The first-order valence-corrected chi connectivity index (χ1v) is 7.31.